The van der Waals surface area contributed by atoms with Crippen LogP contribution in [-0.2, 0) is 39.4 Å². The quantitative estimate of drug-likeness (QED) is 0.0723. The van der Waals surface area contributed by atoms with Gasteiger partial charge in [-0.05, 0) is 63.0 Å². The maximum absolute atomic E-state index is 12.6. The Hall–Kier alpha value is -2.90. The van der Waals surface area contributed by atoms with E-state index < -0.39 is 26.1 Å². The molecule has 0 N–H and O–H groups in total. The van der Waals surface area contributed by atoms with Gasteiger partial charge in [-0.25, -0.2) is 4.79 Å². The Kier molecular flexibility index (Phi) is 14.2. The van der Waals surface area contributed by atoms with Crippen LogP contribution in [0.15, 0.2) is 41.1 Å². The zero-order valence-electron chi connectivity index (χ0n) is 32.0. The van der Waals surface area contributed by atoms with Crippen LogP contribution in [0.3, 0.4) is 0 Å². The molecule has 0 aromatic heterocycles. The van der Waals surface area contributed by atoms with Crippen molar-refractivity contribution in [1.82, 2.24) is 0 Å². The number of nitrogens with zero attached hydrogens (tertiary/aromatic N) is 2. The number of carbonyl (C=O) groups excluding carboxylic acids is 2. The van der Waals surface area contributed by atoms with Crippen LogP contribution in [0.5, 0.6) is 5.75 Å². The Morgan fingerprint density at radius 1 is 1.22 bits per heavy atom. The lowest BCUT2D eigenvalue weighted by Gasteiger charge is -2.40. The van der Waals surface area contributed by atoms with Crippen molar-refractivity contribution < 1.29 is 42.5 Å². The van der Waals surface area contributed by atoms with Crippen LogP contribution in [-0.4, -0.2) is 91.1 Å². The molecule has 1 saturated heterocycles. The first-order valence-electron chi connectivity index (χ1n) is 17.1. The standard InChI is InChI=1S/C37H57ClN2O9Si/c1-14-46-32(41)22-31(49-50(12,13)36(4,5)6)37(7)34(47-37)24(3)29-21-26(39-48-29)28(43-9)17-15-16-23(2)18-25-19-27(40(8)35(42)45-11)33(38)30(20-25)44-10/h15-17,19-20,24,28-29,31,34H,14,18,21-22H2,1-13H3/b17-15+,23-16+/t24-,28?,29+,31+,34+,37+/m1/s1. The van der Waals surface area contributed by atoms with E-state index in [0.717, 1.165) is 16.8 Å². The topological polar surface area (TPSA) is 118 Å². The molecule has 11 nitrogen and oxygen atoms in total. The number of oxime groups is 1. The number of hydrogen-bond acceptors (Lipinski definition) is 10. The lowest BCUT2D eigenvalue weighted by Crippen LogP contribution is -2.49. The van der Waals surface area contributed by atoms with Crippen LogP contribution in [0.4, 0.5) is 10.5 Å². The summed E-state index contributed by atoms with van der Waals surface area (Å²) in [7, 11) is 3.87. The molecule has 0 bridgehead atoms. The highest BCUT2D eigenvalue weighted by Crippen LogP contribution is 2.50. The number of hydrogen-bond donors (Lipinski definition) is 0. The van der Waals surface area contributed by atoms with Gasteiger partial charge in [0.2, 0.25) is 0 Å². The highest BCUT2D eigenvalue weighted by molar-refractivity contribution is 6.74. The second-order valence-corrected chi connectivity index (χ2v) is 19.9. The summed E-state index contributed by atoms with van der Waals surface area (Å²) >= 11 is 6.49. The van der Waals surface area contributed by atoms with Gasteiger partial charge in [0, 0.05) is 26.5 Å². The second-order valence-electron chi connectivity index (χ2n) is 14.8. The minimum absolute atomic E-state index is 0.0166. The molecule has 0 spiro atoms. The molecule has 2 aliphatic rings. The third-order valence-corrected chi connectivity index (χ3v) is 14.9. The number of epoxide rings is 1. The molecular weight excluding hydrogens is 680 g/mol. The molecule has 50 heavy (non-hydrogen) atoms. The summed E-state index contributed by atoms with van der Waals surface area (Å²) in [6.07, 6.45) is 5.46. The third-order valence-electron chi connectivity index (χ3n) is 10.0. The zero-order chi connectivity index (χ0) is 37.6. The van der Waals surface area contributed by atoms with Crippen molar-refractivity contribution >= 4 is 43.4 Å². The minimum Gasteiger partial charge on any atom is -0.495 e. The number of rotatable bonds is 16. The number of ether oxygens (including phenoxy) is 5. The largest absolute Gasteiger partial charge is 0.495 e. The highest BCUT2D eigenvalue weighted by Gasteiger charge is 2.63. The number of halogens is 1. The molecule has 280 valence electrons. The molecule has 1 fully saturated rings. The van der Waals surface area contributed by atoms with E-state index in [1.54, 1.807) is 21.1 Å². The van der Waals surface area contributed by atoms with Gasteiger partial charge in [-0.15, -0.1) is 0 Å². The van der Waals surface area contributed by atoms with Crippen LogP contribution < -0.4 is 9.64 Å². The van der Waals surface area contributed by atoms with Gasteiger partial charge in [-0.2, -0.15) is 0 Å². The summed E-state index contributed by atoms with van der Waals surface area (Å²) in [5.74, 6) is 0.164. The molecule has 0 saturated carbocycles. The van der Waals surface area contributed by atoms with Crippen LogP contribution >= 0.6 is 11.6 Å². The Morgan fingerprint density at radius 3 is 2.48 bits per heavy atom. The van der Waals surface area contributed by atoms with Crippen LogP contribution in [0, 0.1) is 5.92 Å². The minimum atomic E-state index is -2.22. The van der Waals surface area contributed by atoms with Crippen molar-refractivity contribution in [3.63, 3.8) is 0 Å². The SMILES string of the molecule is CCOC(=O)C[C@H](O[Si](C)(C)C(C)(C)C)[C@]1(C)O[C@H]1[C@H](C)[C@@H]1CC(C(/C=C/C=C(\C)Cc2cc(OC)c(Cl)c(N(C)C(=O)OC)c2)OC)=NO1. The number of benzene rings is 1. The maximum atomic E-state index is 12.6. The van der Waals surface area contributed by atoms with Crippen molar-refractivity contribution in [3.05, 3.63) is 46.5 Å². The average molecular weight is 737 g/mol. The predicted molar refractivity (Wildman–Crippen MR) is 199 cm³/mol. The van der Waals surface area contributed by atoms with Crippen LogP contribution in [0.2, 0.25) is 23.2 Å². The molecule has 3 rings (SSSR count). The number of anilines is 1. The van der Waals surface area contributed by atoms with Gasteiger partial charge in [0.05, 0.1) is 50.9 Å². The van der Waals surface area contributed by atoms with Crippen molar-refractivity contribution in [1.29, 1.82) is 0 Å². The zero-order valence-corrected chi connectivity index (χ0v) is 33.8. The van der Waals surface area contributed by atoms with Crippen molar-refractivity contribution in [2.24, 2.45) is 11.1 Å². The van der Waals surface area contributed by atoms with Gasteiger partial charge in [-0.1, -0.05) is 68.3 Å². The number of amides is 1. The predicted octanol–water partition coefficient (Wildman–Crippen LogP) is 7.89. The lowest BCUT2D eigenvalue weighted by molar-refractivity contribution is -0.146. The van der Waals surface area contributed by atoms with E-state index in [-0.39, 0.29) is 41.7 Å². The molecular formula is C37H57ClN2O9Si. The summed E-state index contributed by atoms with van der Waals surface area (Å²) in [5.41, 5.74) is 2.60. The Balaban J connectivity index is 1.67. The fraction of sp³-hybridized carbons (Fsp3) is 0.649. The molecule has 2 heterocycles. The summed E-state index contributed by atoms with van der Waals surface area (Å²) in [4.78, 5) is 32.1. The molecule has 0 aliphatic carbocycles. The van der Waals surface area contributed by atoms with E-state index in [1.165, 1.54) is 19.1 Å². The summed E-state index contributed by atoms with van der Waals surface area (Å²) < 4.78 is 34.6. The fourth-order valence-corrected chi connectivity index (χ4v) is 7.55. The first-order chi connectivity index (χ1) is 23.3. The van der Waals surface area contributed by atoms with Gasteiger partial charge in [0.1, 0.15) is 28.6 Å². The van der Waals surface area contributed by atoms with Gasteiger partial charge in [-0.3, -0.25) is 9.69 Å². The molecule has 13 heteroatoms. The second kappa shape index (κ2) is 17.1. The van der Waals surface area contributed by atoms with E-state index >= 15 is 0 Å². The Labute approximate surface area is 304 Å². The van der Waals surface area contributed by atoms with E-state index in [2.05, 4.69) is 45.9 Å². The monoisotopic (exact) mass is 736 g/mol. The molecule has 2 aliphatic heterocycles. The molecule has 1 unspecified atom stereocenters. The van der Waals surface area contributed by atoms with Crippen LogP contribution in [0.1, 0.15) is 66.9 Å². The molecule has 6 atom stereocenters. The van der Waals surface area contributed by atoms with E-state index in [4.69, 9.17) is 44.5 Å². The van der Waals surface area contributed by atoms with Crippen molar-refractivity contribution in [3.8, 4) is 5.75 Å². The molecule has 1 aromatic rings. The number of allylic oxidation sites excluding steroid dienone is 3. The van der Waals surface area contributed by atoms with Gasteiger partial charge in [0.25, 0.3) is 0 Å². The fourth-order valence-electron chi connectivity index (χ4n) is 5.85. The number of methoxy groups -OCH3 is 3. The van der Waals surface area contributed by atoms with E-state index in [1.807, 2.05) is 44.2 Å². The highest BCUT2D eigenvalue weighted by atomic mass is 35.5. The number of carbonyl (C=O) groups is 2. The molecule has 0 radical (unpaired) electrons. The Morgan fingerprint density at radius 2 is 1.90 bits per heavy atom. The summed E-state index contributed by atoms with van der Waals surface area (Å²) in [6, 6.07) is 3.70. The van der Waals surface area contributed by atoms with E-state index in [9.17, 15) is 9.59 Å². The van der Waals surface area contributed by atoms with Gasteiger partial charge in [0.15, 0.2) is 8.32 Å². The van der Waals surface area contributed by atoms with Crippen LogP contribution in [0.25, 0.3) is 0 Å². The van der Waals surface area contributed by atoms with E-state index in [0.29, 0.717) is 35.9 Å². The first-order valence-corrected chi connectivity index (χ1v) is 20.4. The first kappa shape index (κ1) is 41.5. The third kappa shape index (κ3) is 9.90. The number of esters is 1. The summed E-state index contributed by atoms with van der Waals surface area (Å²) in [6.45, 7) is 19.2. The van der Waals surface area contributed by atoms with Crippen molar-refractivity contribution in [2.75, 3.05) is 39.9 Å². The summed E-state index contributed by atoms with van der Waals surface area (Å²) in [5, 5.41) is 4.71. The van der Waals surface area contributed by atoms with Gasteiger partial charge < -0.3 is 32.9 Å². The Bertz CT molecular complexity index is 1460. The average Bonchev–Trinajstić information content (AvgIpc) is 3.51. The molecule has 1 amide bonds. The normalized spacial score (nSPS) is 22.8. The molecule has 1 aromatic carbocycles. The smallest absolute Gasteiger partial charge is 0.413 e. The lowest BCUT2D eigenvalue weighted by atomic mass is 9.86. The van der Waals surface area contributed by atoms with Gasteiger partial charge >= 0.3 is 12.1 Å². The maximum Gasteiger partial charge on any atom is 0.413 e. The van der Waals surface area contributed by atoms with Crippen molar-refractivity contribution in [2.45, 2.75) is 116 Å².